The minimum atomic E-state index is 0.846. The number of benzene rings is 4. The fourth-order valence-electron chi connectivity index (χ4n) is 6.43. The Balaban J connectivity index is 1.25. The lowest BCUT2D eigenvalue weighted by atomic mass is 9.99. The van der Waals surface area contributed by atoms with Crippen LogP contribution in [0.15, 0.2) is 152 Å². The molecule has 5 heterocycles. The minimum Gasteiger partial charge on any atom is -0.309 e. The van der Waals surface area contributed by atoms with Crippen molar-refractivity contribution in [1.82, 2.24) is 24.5 Å². The first-order valence-corrected chi connectivity index (χ1v) is 15.0. The molecule has 0 fully saturated rings. The molecule has 210 valence electrons. The van der Waals surface area contributed by atoms with Crippen LogP contribution in [-0.4, -0.2) is 24.5 Å². The van der Waals surface area contributed by atoms with Crippen molar-refractivity contribution < 1.29 is 0 Å². The third-order valence-electron chi connectivity index (χ3n) is 8.55. The molecule has 0 aliphatic rings. The second kappa shape index (κ2) is 10.2. The molecule has 0 saturated heterocycles. The summed E-state index contributed by atoms with van der Waals surface area (Å²) in [5, 5.41) is 5.07. The van der Waals surface area contributed by atoms with Crippen molar-refractivity contribution in [3.8, 4) is 50.7 Å². The van der Waals surface area contributed by atoms with Gasteiger partial charge in [-0.05, 0) is 88.6 Å². The molecule has 0 atom stereocenters. The summed E-state index contributed by atoms with van der Waals surface area (Å²) in [7, 11) is 0. The average Bonchev–Trinajstić information content (AvgIpc) is 3.47. The maximum absolute atomic E-state index is 4.80. The summed E-state index contributed by atoms with van der Waals surface area (Å²) in [5.74, 6) is 0. The smallest absolute Gasteiger partial charge is 0.0886 e. The molecule has 0 unspecified atom stereocenters. The van der Waals surface area contributed by atoms with Gasteiger partial charge < -0.3 is 4.57 Å². The third kappa shape index (κ3) is 4.25. The quantitative estimate of drug-likeness (QED) is 0.192. The van der Waals surface area contributed by atoms with E-state index in [1.807, 2.05) is 60.9 Å². The first-order valence-electron chi connectivity index (χ1n) is 15.0. The number of hydrogen-bond acceptors (Lipinski definition) is 4. The maximum atomic E-state index is 4.80. The van der Waals surface area contributed by atoms with Crippen LogP contribution < -0.4 is 0 Å². The van der Waals surface area contributed by atoms with Gasteiger partial charge in [-0.3, -0.25) is 19.9 Å². The summed E-state index contributed by atoms with van der Waals surface area (Å²) < 4.78 is 2.39. The molecule has 4 aromatic carbocycles. The highest BCUT2D eigenvalue weighted by atomic mass is 15.0. The van der Waals surface area contributed by atoms with Gasteiger partial charge in [0.1, 0.15) is 0 Å². The van der Waals surface area contributed by atoms with E-state index in [0.29, 0.717) is 0 Å². The Hall–Kier alpha value is -6.20. The monoisotopic (exact) mass is 575 g/mol. The van der Waals surface area contributed by atoms with Crippen LogP contribution in [0, 0.1) is 0 Å². The highest BCUT2D eigenvalue weighted by Crippen LogP contribution is 2.40. The van der Waals surface area contributed by atoms with Crippen molar-refractivity contribution in [2.75, 3.05) is 0 Å². The maximum Gasteiger partial charge on any atom is 0.0886 e. The lowest BCUT2D eigenvalue weighted by molar-refractivity contribution is 1.18. The number of rotatable bonds is 5. The minimum absolute atomic E-state index is 0.846. The predicted octanol–water partition coefficient (Wildman–Crippen LogP) is 9.62. The van der Waals surface area contributed by atoms with Gasteiger partial charge in [0.2, 0.25) is 0 Å². The molecule has 9 rings (SSSR count). The molecule has 5 nitrogen and oxygen atoms in total. The van der Waals surface area contributed by atoms with E-state index in [1.165, 1.54) is 32.6 Å². The molecule has 0 spiro atoms. The highest BCUT2D eigenvalue weighted by Gasteiger charge is 2.18. The topological polar surface area (TPSA) is 56.5 Å². The summed E-state index contributed by atoms with van der Waals surface area (Å²) in [6, 6.07) is 44.4. The van der Waals surface area contributed by atoms with Gasteiger partial charge in [-0.1, -0.05) is 60.7 Å². The zero-order valence-electron chi connectivity index (χ0n) is 24.2. The molecule has 0 amide bonds. The van der Waals surface area contributed by atoms with Crippen LogP contribution in [0.1, 0.15) is 0 Å². The molecule has 5 heteroatoms. The fourth-order valence-corrected chi connectivity index (χ4v) is 6.43. The van der Waals surface area contributed by atoms with Crippen LogP contribution in [0.3, 0.4) is 0 Å². The van der Waals surface area contributed by atoms with E-state index >= 15 is 0 Å². The summed E-state index contributed by atoms with van der Waals surface area (Å²) in [5.41, 5.74) is 11.1. The van der Waals surface area contributed by atoms with E-state index in [9.17, 15) is 0 Å². The van der Waals surface area contributed by atoms with Crippen molar-refractivity contribution >= 4 is 32.6 Å². The molecule has 45 heavy (non-hydrogen) atoms. The molecule has 5 aromatic heterocycles. The van der Waals surface area contributed by atoms with E-state index in [4.69, 9.17) is 9.97 Å². The number of hydrogen-bond donors (Lipinski definition) is 0. The largest absolute Gasteiger partial charge is 0.309 e. The van der Waals surface area contributed by atoms with Gasteiger partial charge in [0.25, 0.3) is 0 Å². The zero-order chi connectivity index (χ0) is 29.7. The van der Waals surface area contributed by atoms with Crippen molar-refractivity contribution in [3.63, 3.8) is 0 Å². The average molecular weight is 576 g/mol. The molecular weight excluding hydrogens is 550 g/mol. The van der Waals surface area contributed by atoms with Crippen LogP contribution >= 0.6 is 0 Å². The standard InChI is InChI=1S/C40H25N5/c1-3-19-41-33(9-1)35-17-15-28(24-43-35)30-21-31(29-16-18-36(44-25-29)34-10-2-4-20-42-34)23-32(22-30)45-37-11-5-7-26-13-14-27-8-6-12-38(45)40(27)39(26)37/h1-25H. The van der Waals surface area contributed by atoms with E-state index in [1.54, 1.807) is 12.4 Å². The number of nitrogens with zero attached hydrogens (tertiary/aromatic N) is 5. The number of aromatic nitrogens is 5. The second-order valence-corrected chi connectivity index (χ2v) is 11.2. The second-order valence-electron chi connectivity index (χ2n) is 11.2. The first kappa shape index (κ1) is 25.3. The molecule has 0 radical (unpaired) electrons. The molecule has 0 bridgehead atoms. The van der Waals surface area contributed by atoms with E-state index < -0.39 is 0 Å². The molecule has 0 aliphatic carbocycles. The summed E-state index contributed by atoms with van der Waals surface area (Å²) >= 11 is 0. The Bertz CT molecular complexity index is 2280. The lowest BCUT2D eigenvalue weighted by Crippen LogP contribution is -1.96. The Labute approximate surface area is 259 Å². The molecule has 0 saturated carbocycles. The normalized spacial score (nSPS) is 11.6. The van der Waals surface area contributed by atoms with E-state index in [0.717, 1.165) is 50.7 Å². The Morgan fingerprint density at radius 1 is 0.378 bits per heavy atom. The van der Waals surface area contributed by atoms with Crippen molar-refractivity contribution in [2.45, 2.75) is 0 Å². The molecular formula is C40H25N5. The van der Waals surface area contributed by atoms with Gasteiger partial charge in [-0.25, -0.2) is 0 Å². The van der Waals surface area contributed by atoms with Gasteiger partial charge in [-0.2, -0.15) is 0 Å². The molecule has 0 aliphatic heterocycles. The first-order chi connectivity index (χ1) is 22.3. The van der Waals surface area contributed by atoms with Gasteiger partial charge in [0.15, 0.2) is 0 Å². The van der Waals surface area contributed by atoms with Gasteiger partial charge in [-0.15, -0.1) is 0 Å². The van der Waals surface area contributed by atoms with E-state index in [2.05, 4.69) is 93.4 Å². The van der Waals surface area contributed by atoms with Crippen LogP contribution in [0.2, 0.25) is 0 Å². The van der Waals surface area contributed by atoms with Crippen LogP contribution in [0.4, 0.5) is 0 Å². The Kier molecular flexibility index (Phi) is 5.74. The summed E-state index contributed by atoms with van der Waals surface area (Å²) in [4.78, 5) is 18.6. The van der Waals surface area contributed by atoms with E-state index in [-0.39, 0.29) is 0 Å². The highest BCUT2D eigenvalue weighted by molar-refractivity contribution is 6.24. The molecule has 9 aromatic rings. The summed E-state index contributed by atoms with van der Waals surface area (Å²) in [6.07, 6.45) is 7.47. The lowest BCUT2D eigenvalue weighted by Gasteiger charge is -2.14. The van der Waals surface area contributed by atoms with Crippen LogP contribution in [0.25, 0.3) is 83.3 Å². The third-order valence-corrected chi connectivity index (χ3v) is 8.55. The Morgan fingerprint density at radius 3 is 1.33 bits per heavy atom. The van der Waals surface area contributed by atoms with Crippen molar-refractivity contribution in [2.24, 2.45) is 0 Å². The van der Waals surface area contributed by atoms with Crippen molar-refractivity contribution in [3.05, 3.63) is 152 Å². The van der Waals surface area contributed by atoms with Gasteiger partial charge in [0, 0.05) is 52.4 Å². The van der Waals surface area contributed by atoms with Crippen molar-refractivity contribution in [1.29, 1.82) is 0 Å². The van der Waals surface area contributed by atoms with Gasteiger partial charge >= 0.3 is 0 Å². The predicted molar refractivity (Wildman–Crippen MR) is 182 cm³/mol. The fraction of sp³-hybridized carbons (Fsp3) is 0. The van der Waals surface area contributed by atoms with Gasteiger partial charge in [0.05, 0.1) is 33.8 Å². The zero-order valence-corrected chi connectivity index (χ0v) is 24.2. The number of pyridine rings is 4. The summed E-state index contributed by atoms with van der Waals surface area (Å²) in [6.45, 7) is 0. The Morgan fingerprint density at radius 2 is 0.889 bits per heavy atom. The van der Waals surface area contributed by atoms with Crippen LogP contribution in [0.5, 0.6) is 0 Å². The molecule has 0 N–H and O–H groups in total. The SMILES string of the molecule is c1ccc(-c2ccc(-c3cc(-c4ccc(-c5ccccn5)nc4)cc(-n4c5cccc6ccc7cccc4c7c65)c3)cn2)nc1. The van der Waals surface area contributed by atoms with Crippen LogP contribution in [-0.2, 0) is 0 Å².